The van der Waals surface area contributed by atoms with E-state index in [0.717, 1.165) is 16.7 Å². The predicted octanol–water partition coefficient (Wildman–Crippen LogP) is 6.31. The zero-order chi connectivity index (χ0) is 36.2. The molecular formula is C36H53N3O6S3. The average Bonchev–Trinajstić information content (AvgIpc) is 2.91. The number of hydrogen-bond donors (Lipinski definition) is 1. The lowest BCUT2D eigenvalue weighted by Crippen LogP contribution is -2.39. The van der Waals surface area contributed by atoms with Gasteiger partial charge in [0.25, 0.3) is 0 Å². The maximum atomic E-state index is 14.2. The van der Waals surface area contributed by atoms with Gasteiger partial charge in [-0.25, -0.2) is 30.0 Å². The van der Waals surface area contributed by atoms with E-state index >= 15 is 0 Å². The first-order valence-corrected chi connectivity index (χ1v) is 20.8. The fraction of sp³-hybridized carbons (Fsp3) is 0.500. The molecule has 0 aliphatic carbocycles. The highest BCUT2D eigenvalue weighted by atomic mass is 32.2. The molecule has 3 aromatic carbocycles. The van der Waals surface area contributed by atoms with Crippen molar-refractivity contribution in [2.24, 2.45) is 0 Å². The Kier molecular flexibility index (Phi) is 13.2. The number of nitrogens with one attached hydrogen (secondary N) is 1. The van der Waals surface area contributed by atoms with Crippen LogP contribution in [0.5, 0.6) is 0 Å². The lowest BCUT2D eigenvalue weighted by atomic mass is 10.1. The third-order valence-electron chi connectivity index (χ3n) is 8.44. The summed E-state index contributed by atoms with van der Waals surface area (Å²) in [5, 5.41) is 0. The van der Waals surface area contributed by atoms with Gasteiger partial charge in [-0.3, -0.25) is 0 Å². The monoisotopic (exact) mass is 719 g/mol. The molecule has 0 fully saturated rings. The summed E-state index contributed by atoms with van der Waals surface area (Å²) in [7, 11) is -11.6. The Bertz CT molecular complexity index is 1900. The van der Waals surface area contributed by atoms with Crippen molar-refractivity contribution in [1.29, 1.82) is 0 Å². The highest BCUT2D eigenvalue weighted by Crippen LogP contribution is 2.28. The second-order valence-corrected chi connectivity index (χ2v) is 18.5. The quantitative estimate of drug-likeness (QED) is 0.173. The third kappa shape index (κ3) is 9.13. The standard InChI is InChI=1S/C36H53N3O6S3/c1-11-15-38(47(42,43)35-30(7)21-26(3)22-31(35)8)17-13-18-39(48(44,45)36-32(9)23-27(4)24-33(36)10)16-12-14-37-46(40,41)34-28(5)19-25(2)20-29(34)6/h19-24,37H,11-18H2,1-10H3. The molecule has 0 unspecified atom stereocenters. The van der Waals surface area contributed by atoms with Gasteiger partial charge in [-0.1, -0.05) is 60.0 Å². The molecule has 266 valence electrons. The molecule has 3 aromatic rings. The van der Waals surface area contributed by atoms with Crippen molar-refractivity contribution in [2.75, 3.05) is 32.7 Å². The molecule has 0 saturated heterocycles. The number of nitrogens with zero attached hydrogens (tertiary/aromatic N) is 2. The topological polar surface area (TPSA) is 121 Å². The van der Waals surface area contributed by atoms with Crippen LogP contribution < -0.4 is 4.72 Å². The summed E-state index contributed by atoms with van der Waals surface area (Å²) >= 11 is 0. The fourth-order valence-electron chi connectivity index (χ4n) is 6.91. The van der Waals surface area contributed by atoms with Crippen LogP contribution in [0.15, 0.2) is 51.1 Å². The molecule has 0 aromatic heterocycles. The zero-order valence-corrected chi connectivity index (χ0v) is 32.6. The van der Waals surface area contributed by atoms with Crippen LogP contribution in [-0.2, 0) is 30.1 Å². The van der Waals surface area contributed by atoms with Crippen molar-refractivity contribution in [1.82, 2.24) is 13.3 Å². The van der Waals surface area contributed by atoms with E-state index in [0.29, 0.717) is 51.2 Å². The van der Waals surface area contributed by atoms with Gasteiger partial charge in [-0.2, -0.15) is 8.61 Å². The maximum Gasteiger partial charge on any atom is 0.243 e. The molecule has 3 rings (SSSR count). The average molecular weight is 720 g/mol. The van der Waals surface area contributed by atoms with Gasteiger partial charge in [0.2, 0.25) is 30.1 Å². The molecule has 0 amide bonds. The molecular weight excluding hydrogens is 667 g/mol. The van der Waals surface area contributed by atoms with E-state index in [1.807, 2.05) is 64.1 Å². The van der Waals surface area contributed by atoms with Crippen molar-refractivity contribution < 1.29 is 25.3 Å². The van der Waals surface area contributed by atoms with E-state index in [1.165, 1.54) is 8.61 Å². The van der Waals surface area contributed by atoms with Crippen molar-refractivity contribution in [2.45, 2.75) is 103 Å². The first-order chi connectivity index (χ1) is 22.2. The minimum Gasteiger partial charge on any atom is -0.211 e. The van der Waals surface area contributed by atoms with Crippen LogP contribution in [0.2, 0.25) is 0 Å². The molecule has 0 aliphatic heterocycles. The number of benzene rings is 3. The van der Waals surface area contributed by atoms with E-state index in [2.05, 4.69) is 4.72 Å². The van der Waals surface area contributed by atoms with Gasteiger partial charge in [0, 0.05) is 32.7 Å². The predicted molar refractivity (Wildman–Crippen MR) is 194 cm³/mol. The molecule has 48 heavy (non-hydrogen) atoms. The lowest BCUT2D eigenvalue weighted by Gasteiger charge is -2.27. The number of sulfonamides is 3. The Morgan fingerprint density at radius 2 is 0.792 bits per heavy atom. The summed E-state index contributed by atoms with van der Waals surface area (Å²) in [5.41, 5.74) is 6.83. The zero-order valence-electron chi connectivity index (χ0n) is 30.2. The van der Waals surface area contributed by atoms with Crippen molar-refractivity contribution in [3.63, 3.8) is 0 Å². The molecule has 0 atom stereocenters. The molecule has 0 spiro atoms. The minimum atomic E-state index is -3.99. The third-order valence-corrected chi connectivity index (χ3v) is 14.6. The first-order valence-electron chi connectivity index (χ1n) is 16.5. The molecule has 0 bridgehead atoms. The molecule has 0 saturated carbocycles. The van der Waals surface area contributed by atoms with Gasteiger partial charge >= 0.3 is 0 Å². The Morgan fingerprint density at radius 3 is 1.15 bits per heavy atom. The van der Waals surface area contributed by atoms with Crippen molar-refractivity contribution >= 4 is 30.1 Å². The van der Waals surface area contributed by atoms with Gasteiger partial charge in [0.05, 0.1) is 14.7 Å². The second-order valence-electron chi connectivity index (χ2n) is 13.1. The summed E-state index contributed by atoms with van der Waals surface area (Å²) in [6.45, 7) is 18.9. The SMILES string of the molecule is CCCN(CCCN(CCCNS(=O)(=O)c1c(C)cc(C)cc1C)S(=O)(=O)c1c(C)cc(C)cc1C)S(=O)(=O)c1c(C)cc(C)cc1C. The Morgan fingerprint density at radius 1 is 0.479 bits per heavy atom. The van der Waals surface area contributed by atoms with Gasteiger partial charge in [0.15, 0.2) is 0 Å². The first kappa shape index (κ1) is 39.8. The summed E-state index contributed by atoms with van der Waals surface area (Å²) in [6.07, 6.45) is 1.10. The number of aryl methyl sites for hydroxylation is 9. The molecule has 9 nitrogen and oxygen atoms in total. The molecule has 1 N–H and O–H groups in total. The van der Waals surface area contributed by atoms with Crippen LogP contribution in [0, 0.1) is 62.3 Å². The molecule has 0 radical (unpaired) electrons. The Hall–Kier alpha value is -2.61. The van der Waals surface area contributed by atoms with E-state index in [1.54, 1.807) is 41.5 Å². The second kappa shape index (κ2) is 15.9. The van der Waals surface area contributed by atoms with E-state index in [-0.39, 0.29) is 48.8 Å². The van der Waals surface area contributed by atoms with Crippen LogP contribution in [-0.4, -0.2) is 66.6 Å². The highest BCUT2D eigenvalue weighted by Gasteiger charge is 2.31. The largest absolute Gasteiger partial charge is 0.243 e. The normalized spacial score (nSPS) is 12.8. The molecule has 0 heterocycles. The summed E-state index contributed by atoms with van der Waals surface area (Å²) in [6, 6.07) is 11.0. The van der Waals surface area contributed by atoms with Gasteiger partial charge in [-0.15, -0.1) is 0 Å². The smallest absolute Gasteiger partial charge is 0.211 e. The summed E-state index contributed by atoms with van der Waals surface area (Å²) < 4.78 is 88.2. The van der Waals surface area contributed by atoms with E-state index < -0.39 is 30.1 Å². The molecule has 0 aliphatic rings. The van der Waals surface area contributed by atoms with Crippen LogP contribution in [0.4, 0.5) is 0 Å². The van der Waals surface area contributed by atoms with Gasteiger partial charge in [0.1, 0.15) is 0 Å². The fourth-order valence-corrected chi connectivity index (χ4v) is 12.3. The molecule has 12 heteroatoms. The van der Waals surface area contributed by atoms with Crippen LogP contribution in [0.25, 0.3) is 0 Å². The van der Waals surface area contributed by atoms with Gasteiger partial charge in [-0.05, 0) is 115 Å². The van der Waals surface area contributed by atoms with Crippen LogP contribution in [0.3, 0.4) is 0 Å². The Balaban J connectivity index is 1.87. The number of hydrogen-bond acceptors (Lipinski definition) is 6. The minimum absolute atomic E-state index is 0.0370. The van der Waals surface area contributed by atoms with Crippen molar-refractivity contribution in [3.05, 3.63) is 86.5 Å². The van der Waals surface area contributed by atoms with Gasteiger partial charge < -0.3 is 0 Å². The summed E-state index contributed by atoms with van der Waals surface area (Å²) in [5.74, 6) is 0. The van der Waals surface area contributed by atoms with Crippen LogP contribution in [0.1, 0.15) is 76.3 Å². The van der Waals surface area contributed by atoms with Crippen LogP contribution >= 0.6 is 0 Å². The lowest BCUT2D eigenvalue weighted by molar-refractivity contribution is 0.355. The Labute approximate surface area is 289 Å². The van der Waals surface area contributed by atoms with E-state index in [9.17, 15) is 25.3 Å². The van der Waals surface area contributed by atoms with E-state index in [4.69, 9.17) is 0 Å². The van der Waals surface area contributed by atoms with Crippen molar-refractivity contribution in [3.8, 4) is 0 Å². The maximum absolute atomic E-state index is 14.2. The number of rotatable bonds is 16. The highest BCUT2D eigenvalue weighted by molar-refractivity contribution is 7.90. The summed E-state index contributed by atoms with van der Waals surface area (Å²) in [4.78, 5) is 0.756.